The second kappa shape index (κ2) is 9.65. The number of methoxy groups -OCH3 is 1. The highest BCUT2D eigenvalue weighted by atomic mass is 35.5. The Morgan fingerprint density at radius 1 is 1.29 bits per heavy atom. The first-order chi connectivity index (χ1) is 12.9. The Morgan fingerprint density at radius 2 is 2.07 bits per heavy atom. The van der Waals surface area contributed by atoms with Crippen molar-refractivity contribution < 1.29 is 22.7 Å². The minimum absolute atomic E-state index is 0. The Hall–Kier alpha value is -1.74. The summed E-state index contributed by atoms with van der Waals surface area (Å²) in [5, 5.41) is 3.19. The minimum atomic E-state index is -3.54. The number of anilines is 1. The van der Waals surface area contributed by atoms with Crippen LogP contribution in [0.3, 0.4) is 0 Å². The Labute approximate surface area is 176 Å². The number of nitrogens with one attached hydrogen (secondary N) is 1. The van der Waals surface area contributed by atoms with Crippen LogP contribution in [0, 0.1) is 5.92 Å². The maximum absolute atomic E-state index is 12.7. The van der Waals surface area contributed by atoms with Crippen LogP contribution in [-0.4, -0.2) is 40.4 Å². The van der Waals surface area contributed by atoms with Gasteiger partial charge in [-0.3, -0.25) is 4.79 Å². The predicted octanol–water partition coefficient (Wildman–Crippen LogP) is 3.52. The number of benzene rings is 2. The van der Waals surface area contributed by atoms with Crippen LogP contribution < -0.4 is 10.1 Å². The zero-order valence-corrected chi connectivity index (χ0v) is 17.8. The van der Waals surface area contributed by atoms with Gasteiger partial charge in [-0.15, -0.1) is 0 Å². The first kappa shape index (κ1) is 22.5. The van der Waals surface area contributed by atoms with E-state index in [0.29, 0.717) is 23.9 Å². The van der Waals surface area contributed by atoms with Gasteiger partial charge in [0, 0.05) is 17.3 Å². The Morgan fingerprint density at radius 3 is 2.71 bits per heavy atom. The topological polar surface area (TPSA) is 81.7 Å². The van der Waals surface area contributed by atoms with Crippen LogP contribution in [0.2, 0.25) is 5.02 Å². The van der Waals surface area contributed by atoms with Gasteiger partial charge in [-0.2, -0.15) is 13.5 Å². The summed E-state index contributed by atoms with van der Waals surface area (Å²) in [6, 6.07) is 11.0. The number of carbonyl (C=O) groups is 1. The molecule has 1 heterocycles. The molecule has 0 saturated carbocycles. The van der Waals surface area contributed by atoms with E-state index in [2.05, 4.69) is 5.32 Å². The third kappa shape index (κ3) is 5.41. The van der Waals surface area contributed by atoms with Gasteiger partial charge in [0.15, 0.2) is 9.84 Å². The first-order valence-electron chi connectivity index (χ1n) is 8.44. The zero-order valence-electron chi connectivity index (χ0n) is 15.3. The van der Waals surface area contributed by atoms with E-state index in [1.165, 1.54) is 25.3 Å². The van der Waals surface area contributed by atoms with E-state index in [9.17, 15) is 13.2 Å². The van der Waals surface area contributed by atoms with Gasteiger partial charge in [0.25, 0.3) is 5.91 Å². The van der Waals surface area contributed by atoms with Crippen molar-refractivity contribution in [2.45, 2.75) is 11.3 Å². The number of ether oxygens (including phenoxy) is 2. The summed E-state index contributed by atoms with van der Waals surface area (Å²) in [5.41, 5.74) is 0.646. The van der Waals surface area contributed by atoms with Crippen LogP contribution in [0.5, 0.6) is 5.75 Å². The number of amides is 1. The summed E-state index contributed by atoms with van der Waals surface area (Å²) in [5.74, 6) is -0.219. The summed E-state index contributed by atoms with van der Waals surface area (Å²) >= 11 is 5.93. The van der Waals surface area contributed by atoms with Crippen LogP contribution in [0.15, 0.2) is 47.4 Å². The lowest BCUT2D eigenvalue weighted by atomic mass is 10.1. The molecule has 28 heavy (non-hydrogen) atoms. The maximum atomic E-state index is 12.7. The molecule has 1 amide bonds. The molecule has 1 aliphatic rings. The van der Waals surface area contributed by atoms with E-state index in [1.807, 2.05) is 0 Å². The average molecular weight is 444 g/mol. The quantitative estimate of drug-likeness (QED) is 0.738. The second-order valence-corrected chi connectivity index (χ2v) is 8.81. The van der Waals surface area contributed by atoms with Crippen molar-refractivity contribution in [3.05, 3.63) is 53.1 Å². The lowest BCUT2D eigenvalue weighted by molar-refractivity contribution is 0.102. The van der Waals surface area contributed by atoms with Gasteiger partial charge in [-0.05, 0) is 48.7 Å². The predicted molar refractivity (Wildman–Crippen MR) is 114 cm³/mol. The van der Waals surface area contributed by atoms with Gasteiger partial charge in [0.1, 0.15) is 5.75 Å². The molecule has 0 aromatic heterocycles. The summed E-state index contributed by atoms with van der Waals surface area (Å²) in [4.78, 5) is 12.8. The molecule has 0 spiro atoms. The minimum Gasteiger partial charge on any atom is -0.496 e. The molecule has 0 radical (unpaired) electrons. The van der Waals surface area contributed by atoms with Crippen molar-refractivity contribution in [3.8, 4) is 5.75 Å². The maximum Gasteiger partial charge on any atom is 0.259 e. The third-order valence-corrected chi connectivity index (χ3v) is 6.45. The molecule has 1 N–H and O–H groups in total. The van der Waals surface area contributed by atoms with Crippen molar-refractivity contribution >= 4 is 46.5 Å². The lowest BCUT2D eigenvalue weighted by Crippen LogP contribution is -2.18. The summed E-state index contributed by atoms with van der Waals surface area (Å²) in [7, 11) is -2.11. The van der Waals surface area contributed by atoms with Gasteiger partial charge in [0.2, 0.25) is 0 Å². The number of hydrogen-bond acceptors (Lipinski definition) is 5. The van der Waals surface area contributed by atoms with Gasteiger partial charge < -0.3 is 14.8 Å². The monoisotopic (exact) mass is 443 g/mol. The van der Waals surface area contributed by atoms with Gasteiger partial charge in [-0.25, -0.2) is 8.42 Å². The molecular formula is C19H22ClNO5S2. The van der Waals surface area contributed by atoms with Crippen molar-refractivity contribution in [3.63, 3.8) is 0 Å². The van der Waals surface area contributed by atoms with E-state index in [0.717, 1.165) is 6.42 Å². The van der Waals surface area contributed by atoms with Crippen LogP contribution >= 0.6 is 25.1 Å². The molecule has 0 unspecified atom stereocenters. The fraction of sp³-hybridized carbons (Fsp3) is 0.316. The van der Waals surface area contributed by atoms with Crippen LogP contribution in [0.4, 0.5) is 5.69 Å². The van der Waals surface area contributed by atoms with E-state index in [4.69, 9.17) is 21.1 Å². The number of rotatable bonds is 6. The molecule has 0 bridgehead atoms. The fourth-order valence-electron chi connectivity index (χ4n) is 2.94. The Bertz CT molecular complexity index is 943. The first-order valence-corrected chi connectivity index (χ1v) is 10.5. The van der Waals surface area contributed by atoms with Gasteiger partial charge >= 0.3 is 0 Å². The van der Waals surface area contributed by atoms with E-state index >= 15 is 0 Å². The molecule has 1 aliphatic heterocycles. The molecule has 2 aromatic rings. The van der Waals surface area contributed by atoms with Crippen molar-refractivity contribution in [1.29, 1.82) is 0 Å². The van der Waals surface area contributed by atoms with Crippen molar-refractivity contribution in [1.82, 2.24) is 0 Å². The van der Waals surface area contributed by atoms with E-state index < -0.39 is 15.7 Å². The molecule has 1 atom stereocenters. The Kier molecular flexibility index (Phi) is 7.77. The van der Waals surface area contributed by atoms with Crippen LogP contribution in [-0.2, 0) is 14.6 Å². The molecule has 1 saturated heterocycles. The normalized spacial score (nSPS) is 16.3. The fourth-order valence-corrected chi connectivity index (χ4v) is 4.78. The average Bonchev–Trinajstić information content (AvgIpc) is 3.13. The smallest absolute Gasteiger partial charge is 0.259 e. The molecule has 1 fully saturated rings. The highest BCUT2D eigenvalue weighted by Gasteiger charge is 2.26. The number of halogens is 1. The standard InChI is InChI=1S/C19H20ClNO5S.H2S/c1-25-18-6-5-16(27(23,24)12-13-7-8-26-11-13)10-17(18)19(22)21-15-4-2-3-14(20)9-15;/h2-6,9-10,13H,7-8,11-12H2,1H3,(H,21,22);1H2/t13-;/m0./s1. The summed E-state index contributed by atoms with van der Waals surface area (Å²) in [6.45, 7) is 1.02. The SMILES string of the molecule is COc1ccc(S(=O)(=O)C[C@H]2CCOC2)cc1C(=O)Nc1cccc(Cl)c1.S. The molecule has 2 aromatic carbocycles. The highest BCUT2D eigenvalue weighted by molar-refractivity contribution is 7.91. The largest absolute Gasteiger partial charge is 0.496 e. The molecule has 9 heteroatoms. The lowest BCUT2D eigenvalue weighted by Gasteiger charge is -2.13. The summed E-state index contributed by atoms with van der Waals surface area (Å²) in [6.07, 6.45) is 0.720. The number of sulfone groups is 1. The van der Waals surface area contributed by atoms with Crippen LogP contribution in [0.25, 0.3) is 0 Å². The van der Waals surface area contributed by atoms with Gasteiger partial charge in [0.05, 0.1) is 29.9 Å². The van der Waals surface area contributed by atoms with Crippen molar-refractivity contribution in [2.75, 3.05) is 31.4 Å². The number of hydrogen-bond donors (Lipinski definition) is 1. The zero-order chi connectivity index (χ0) is 19.4. The third-order valence-electron chi connectivity index (χ3n) is 4.34. The van der Waals surface area contributed by atoms with E-state index in [1.54, 1.807) is 24.3 Å². The Balaban J connectivity index is 0.00000280. The number of carbonyl (C=O) groups excluding carboxylic acids is 1. The molecule has 3 rings (SSSR count). The molecule has 0 aliphatic carbocycles. The van der Waals surface area contributed by atoms with E-state index in [-0.39, 0.29) is 41.4 Å². The molecule has 6 nitrogen and oxygen atoms in total. The van der Waals surface area contributed by atoms with Gasteiger partial charge in [-0.1, -0.05) is 17.7 Å². The van der Waals surface area contributed by atoms with Crippen LogP contribution in [0.1, 0.15) is 16.8 Å². The molecular weight excluding hydrogens is 422 g/mol. The van der Waals surface area contributed by atoms with Crippen molar-refractivity contribution in [2.24, 2.45) is 5.92 Å². The summed E-state index contributed by atoms with van der Waals surface area (Å²) < 4.78 is 35.9. The highest BCUT2D eigenvalue weighted by Crippen LogP contribution is 2.27. The second-order valence-electron chi connectivity index (χ2n) is 6.34. The molecule has 152 valence electrons.